The van der Waals surface area contributed by atoms with Gasteiger partial charge >= 0.3 is 0 Å². The van der Waals surface area contributed by atoms with E-state index in [1.165, 1.54) is 51.7 Å². The molecule has 0 radical (unpaired) electrons. The number of hydrogen-bond donors (Lipinski definition) is 1. The largest absolute Gasteiger partial charge is 0.330 e. The van der Waals surface area contributed by atoms with Gasteiger partial charge < -0.3 is 10.6 Å². The summed E-state index contributed by atoms with van der Waals surface area (Å²) in [6.45, 7) is 9.17. The smallest absolute Gasteiger partial charge is 0.0223 e. The third-order valence-electron chi connectivity index (χ3n) is 5.18. The molecule has 3 heteroatoms. The highest BCUT2D eigenvalue weighted by molar-refractivity contribution is 4.92. The Hall–Kier alpha value is -0.120. The van der Waals surface area contributed by atoms with E-state index in [-0.39, 0.29) is 0 Å². The Morgan fingerprint density at radius 2 is 1.94 bits per heavy atom. The van der Waals surface area contributed by atoms with Crippen molar-refractivity contribution < 1.29 is 0 Å². The van der Waals surface area contributed by atoms with Crippen molar-refractivity contribution in [3.63, 3.8) is 0 Å². The molecule has 2 saturated heterocycles. The summed E-state index contributed by atoms with van der Waals surface area (Å²) >= 11 is 0. The number of nitrogens with zero attached hydrogens (tertiary/aromatic N) is 2. The Labute approximate surface area is 113 Å². The molecule has 0 spiro atoms. The van der Waals surface area contributed by atoms with Gasteiger partial charge in [-0.15, -0.1) is 0 Å². The first-order valence-electron chi connectivity index (χ1n) is 7.72. The van der Waals surface area contributed by atoms with E-state index >= 15 is 0 Å². The Morgan fingerprint density at radius 1 is 1.22 bits per heavy atom. The molecule has 3 nitrogen and oxygen atoms in total. The van der Waals surface area contributed by atoms with Crippen LogP contribution >= 0.6 is 0 Å². The molecule has 0 saturated carbocycles. The van der Waals surface area contributed by atoms with E-state index in [2.05, 4.69) is 30.7 Å². The third kappa shape index (κ3) is 3.06. The number of likely N-dealkylation sites (tertiary alicyclic amines) is 1. The highest BCUT2D eigenvalue weighted by Crippen LogP contribution is 2.31. The molecule has 2 aliphatic rings. The minimum Gasteiger partial charge on any atom is -0.330 e. The summed E-state index contributed by atoms with van der Waals surface area (Å²) in [7, 11) is 2.32. The Morgan fingerprint density at radius 3 is 2.61 bits per heavy atom. The van der Waals surface area contributed by atoms with Crippen LogP contribution in [-0.4, -0.2) is 55.1 Å². The zero-order chi connectivity index (χ0) is 13.2. The number of rotatable bonds is 5. The number of nitrogens with two attached hydrogens (primary N) is 1. The first-order chi connectivity index (χ1) is 8.58. The average molecular weight is 253 g/mol. The lowest BCUT2D eigenvalue weighted by atomic mass is 9.85. The van der Waals surface area contributed by atoms with Gasteiger partial charge in [0, 0.05) is 25.2 Å². The summed E-state index contributed by atoms with van der Waals surface area (Å²) in [5, 5.41) is 0. The standard InChI is InChI=1S/C15H31N3/c1-4-8-15(2,11-16)12-18-9-7-13-5-6-14(10-18)17(13)3/h13-14H,4-12,16H2,1-3H3. The minimum absolute atomic E-state index is 0.316. The fourth-order valence-electron chi connectivity index (χ4n) is 3.91. The lowest BCUT2D eigenvalue weighted by Gasteiger charge is -2.35. The van der Waals surface area contributed by atoms with Crippen LogP contribution < -0.4 is 5.73 Å². The summed E-state index contributed by atoms with van der Waals surface area (Å²) in [5.74, 6) is 0. The maximum atomic E-state index is 6.02. The molecule has 18 heavy (non-hydrogen) atoms. The van der Waals surface area contributed by atoms with Gasteiger partial charge in [-0.1, -0.05) is 20.3 Å². The monoisotopic (exact) mass is 253 g/mol. The minimum atomic E-state index is 0.316. The normalized spacial score (nSPS) is 33.3. The molecule has 3 unspecified atom stereocenters. The van der Waals surface area contributed by atoms with Crippen LogP contribution in [0.4, 0.5) is 0 Å². The summed E-state index contributed by atoms with van der Waals surface area (Å²) < 4.78 is 0. The van der Waals surface area contributed by atoms with Gasteiger partial charge in [0.25, 0.3) is 0 Å². The summed E-state index contributed by atoms with van der Waals surface area (Å²) in [6.07, 6.45) is 6.65. The second kappa shape index (κ2) is 5.89. The van der Waals surface area contributed by atoms with E-state index in [4.69, 9.17) is 5.73 Å². The molecular weight excluding hydrogens is 222 g/mol. The quantitative estimate of drug-likeness (QED) is 0.812. The molecular formula is C15H31N3. The Bertz CT molecular complexity index is 268. The van der Waals surface area contributed by atoms with Crippen molar-refractivity contribution in [1.82, 2.24) is 9.80 Å². The van der Waals surface area contributed by atoms with Crippen molar-refractivity contribution in [2.24, 2.45) is 11.1 Å². The molecule has 2 aliphatic heterocycles. The van der Waals surface area contributed by atoms with E-state index in [9.17, 15) is 0 Å². The predicted octanol–water partition coefficient (Wildman–Crippen LogP) is 1.92. The lowest BCUT2D eigenvalue weighted by Crippen LogP contribution is -2.44. The second-order valence-corrected chi connectivity index (χ2v) is 6.84. The second-order valence-electron chi connectivity index (χ2n) is 6.84. The SMILES string of the molecule is CCCC(C)(CN)CN1CCC2CCC(C1)N2C. The summed E-state index contributed by atoms with van der Waals surface area (Å²) in [6, 6.07) is 1.64. The van der Waals surface area contributed by atoms with Crippen LogP contribution in [-0.2, 0) is 0 Å². The van der Waals surface area contributed by atoms with E-state index in [1.807, 2.05) is 0 Å². The van der Waals surface area contributed by atoms with Crippen molar-refractivity contribution in [2.75, 3.05) is 33.2 Å². The van der Waals surface area contributed by atoms with Crippen LogP contribution in [0.5, 0.6) is 0 Å². The van der Waals surface area contributed by atoms with Gasteiger partial charge in [0.05, 0.1) is 0 Å². The fourth-order valence-corrected chi connectivity index (χ4v) is 3.91. The van der Waals surface area contributed by atoms with Crippen molar-refractivity contribution in [2.45, 2.75) is 58.0 Å². The molecule has 2 rings (SSSR count). The van der Waals surface area contributed by atoms with Crippen LogP contribution in [0.15, 0.2) is 0 Å². The zero-order valence-electron chi connectivity index (χ0n) is 12.5. The van der Waals surface area contributed by atoms with Crippen molar-refractivity contribution >= 4 is 0 Å². The first kappa shape index (κ1) is 14.3. The topological polar surface area (TPSA) is 32.5 Å². The van der Waals surface area contributed by atoms with Crippen LogP contribution in [0.3, 0.4) is 0 Å². The molecule has 0 aliphatic carbocycles. The van der Waals surface area contributed by atoms with Crippen LogP contribution in [0.25, 0.3) is 0 Å². The highest BCUT2D eigenvalue weighted by Gasteiger charge is 2.36. The van der Waals surface area contributed by atoms with Gasteiger partial charge in [-0.25, -0.2) is 0 Å². The molecule has 106 valence electrons. The molecule has 0 aromatic heterocycles. The van der Waals surface area contributed by atoms with E-state index in [1.54, 1.807) is 0 Å². The molecule has 2 heterocycles. The summed E-state index contributed by atoms with van der Waals surface area (Å²) in [4.78, 5) is 5.31. The number of likely N-dealkylation sites (N-methyl/N-ethyl adjacent to an activating group) is 1. The molecule has 3 atom stereocenters. The lowest BCUT2D eigenvalue weighted by molar-refractivity contribution is 0.145. The van der Waals surface area contributed by atoms with Crippen molar-refractivity contribution in [1.29, 1.82) is 0 Å². The van der Waals surface area contributed by atoms with E-state index in [0.29, 0.717) is 5.41 Å². The van der Waals surface area contributed by atoms with Crippen molar-refractivity contribution in [3.8, 4) is 0 Å². The third-order valence-corrected chi connectivity index (χ3v) is 5.18. The molecule has 0 aromatic rings. The maximum Gasteiger partial charge on any atom is 0.0223 e. The van der Waals surface area contributed by atoms with E-state index < -0.39 is 0 Å². The predicted molar refractivity (Wildman–Crippen MR) is 77.7 cm³/mol. The first-order valence-corrected chi connectivity index (χ1v) is 7.72. The Kier molecular flexibility index (Phi) is 4.68. The number of fused-ring (bicyclic) bond motifs is 2. The van der Waals surface area contributed by atoms with Gasteiger partial charge in [-0.2, -0.15) is 0 Å². The fraction of sp³-hybridized carbons (Fsp3) is 1.00. The molecule has 0 amide bonds. The van der Waals surface area contributed by atoms with Gasteiger partial charge in [0.15, 0.2) is 0 Å². The Balaban J connectivity index is 1.94. The molecule has 0 aromatic carbocycles. The average Bonchev–Trinajstić information content (AvgIpc) is 2.58. The number of hydrogen-bond acceptors (Lipinski definition) is 3. The van der Waals surface area contributed by atoms with Gasteiger partial charge in [0.2, 0.25) is 0 Å². The molecule has 2 bridgehead atoms. The van der Waals surface area contributed by atoms with Gasteiger partial charge in [0.1, 0.15) is 0 Å². The van der Waals surface area contributed by atoms with Gasteiger partial charge in [-0.3, -0.25) is 4.90 Å². The van der Waals surface area contributed by atoms with Gasteiger partial charge in [-0.05, 0) is 51.2 Å². The highest BCUT2D eigenvalue weighted by atomic mass is 15.3. The molecule has 2 fully saturated rings. The van der Waals surface area contributed by atoms with Crippen LogP contribution in [0.1, 0.15) is 46.0 Å². The van der Waals surface area contributed by atoms with Crippen LogP contribution in [0, 0.1) is 5.41 Å². The van der Waals surface area contributed by atoms with Crippen LogP contribution in [0.2, 0.25) is 0 Å². The zero-order valence-corrected chi connectivity index (χ0v) is 12.5. The van der Waals surface area contributed by atoms with Crippen molar-refractivity contribution in [3.05, 3.63) is 0 Å². The van der Waals surface area contributed by atoms with E-state index in [0.717, 1.165) is 18.6 Å². The summed E-state index contributed by atoms with van der Waals surface area (Å²) in [5.41, 5.74) is 6.33. The molecule has 2 N–H and O–H groups in total. The maximum absolute atomic E-state index is 6.02.